The smallest absolute Gasteiger partial charge is 0.124 e. The summed E-state index contributed by atoms with van der Waals surface area (Å²) < 4.78 is 0. The van der Waals surface area contributed by atoms with Crippen LogP contribution in [-0.2, 0) is 0 Å². The predicted octanol–water partition coefficient (Wildman–Crippen LogP) is 2.56. The standard InChI is InChI=1S/C14H12BrN/c1-8-5-10-7-13-11(3-4-14(15)16-13)9(2)12(10)6-8/h3-7,14H,1-2H3. The number of nitrogens with zero attached hydrogens (tertiary/aromatic N) is 1. The minimum absolute atomic E-state index is 0.118. The van der Waals surface area contributed by atoms with Crippen molar-refractivity contribution in [1.82, 2.24) is 0 Å². The zero-order valence-electron chi connectivity index (χ0n) is 9.29. The van der Waals surface area contributed by atoms with Crippen molar-refractivity contribution in [3.63, 3.8) is 0 Å². The molecular weight excluding hydrogens is 262 g/mol. The summed E-state index contributed by atoms with van der Waals surface area (Å²) in [6.07, 6.45) is 8.72. The van der Waals surface area contributed by atoms with Crippen molar-refractivity contribution >= 4 is 34.2 Å². The summed E-state index contributed by atoms with van der Waals surface area (Å²) in [5.74, 6) is 0. The van der Waals surface area contributed by atoms with Gasteiger partial charge >= 0.3 is 0 Å². The molecule has 1 nitrogen and oxygen atoms in total. The summed E-state index contributed by atoms with van der Waals surface area (Å²) in [6.45, 7) is 4.31. The normalized spacial score (nSPS) is 20.7. The number of allylic oxidation sites excluding steroid dienone is 1. The van der Waals surface area contributed by atoms with E-state index in [2.05, 4.69) is 65.1 Å². The third kappa shape index (κ3) is 1.40. The van der Waals surface area contributed by atoms with Crippen LogP contribution in [0.3, 0.4) is 0 Å². The fourth-order valence-corrected chi connectivity index (χ4v) is 2.72. The average Bonchev–Trinajstić information content (AvgIpc) is 2.59. The lowest BCUT2D eigenvalue weighted by molar-refractivity contribution is 1.07. The predicted molar refractivity (Wildman–Crippen MR) is 71.8 cm³/mol. The highest BCUT2D eigenvalue weighted by Crippen LogP contribution is 2.16. The summed E-state index contributed by atoms with van der Waals surface area (Å²) >= 11 is 3.50. The van der Waals surface area contributed by atoms with E-state index in [4.69, 9.17) is 0 Å². The average molecular weight is 274 g/mol. The molecule has 1 aliphatic heterocycles. The molecule has 3 rings (SSSR count). The molecule has 1 aromatic rings. The van der Waals surface area contributed by atoms with Crippen LogP contribution in [-0.4, -0.2) is 4.95 Å². The molecule has 0 aromatic heterocycles. The van der Waals surface area contributed by atoms with Crippen LogP contribution in [0.1, 0.15) is 23.6 Å². The van der Waals surface area contributed by atoms with Gasteiger partial charge in [-0.05, 0) is 47.9 Å². The van der Waals surface area contributed by atoms with Gasteiger partial charge in [-0.1, -0.05) is 34.2 Å². The van der Waals surface area contributed by atoms with Crippen LogP contribution in [0.5, 0.6) is 0 Å². The zero-order valence-corrected chi connectivity index (χ0v) is 10.9. The highest BCUT2D eigenvalue weighted by Gasteiger charge is 2.12. The molecule has 2 aliphatic rings. The van der Waals surface area contributed by atoms with Gasteiger partial charge < -0.3 is 0 Å². The maximum atomic E-state index is 4.60. The van der Waals surface area contributed by atoms with E-state index in [0.29, 0.717) is 0 Å². The first-order valence-electron chi connectivity index (χ1n) is 5.39. The maximum absolute atomic E-state index is 4.60. The molecule has 0 radical (unpaired) electrons. The number of hydrogen-bond donors (Lipinski definition) is 0. The molecule has 80 valence electrons. The molecule has 0 fully saturated rings. The summed E-state index contributed by atoms with van der Waals surface area (Å²) in [7, 11) is 0. The van der Waals surface area contributed by atoms with E-state index < -0.39 is 0 Å². The molecule has 0 saturated carbocycles. The SMILES string of the molecule is CC1=Cc2cc3c(c(C)c2=C1)C=CC(Br)N=3. The molecule has 1 aliphatic carbocycles. The van der Waals surface area contributed by atoms with E-state index in [0.717, 1.165) is 5.36 Å². The Balaban J connectivity index is 2.41. The molecule has 0 spiro atoms. The summed E-state index contributed by atoms with van der Waals surface area (Å²) in [5.41, 5.74) is 5.21. The molecular formula is C14H12BrN. The van der Waals surface area contributed by atoms with Crippen LogP contribution in [0, 0.1) is 6.92 Å². The molecule has 0 saturated heterocycles. The Labute approximate surface area is 103 Å². The fraction of sp³-hybridized carbons (Fsp3) is 0.214. The molecule has 2 heteroatoms. The molecule has 1 unspecified atom stereocenters. The third-order valence-corrected chi connectivity index (χ3v) is 3.64. The van der Waals surface area contributed by atoms with Crippen molar-refractivity contribution in [3.8, 4) is 0 Å². The van der Waals surface area contributed by atoms with Crippen molar-refractivity contribution in [1.29, 1.82) is 0 Å². The maximum Gasteiger partial charge on any atom is 0.124 e. The monoisotopic (exact) mass is 273 g/mol. The van der Waals surface area contributed by atoms with Crippen LogP contribution in [0.25, 0.3) is 18.2 Å². The number of alkyl halides is 1. The first-order valence-corrected chi connectivity index (χ1v) is 6.30. The molecule has 1 atom stereocenters. The first-order chi connectivity index (χ1) is 7.65. The highest BCUT2D eigenvalue weighted by molar-refractivity contribution is 9.09. The Morgan fingerprint density at radius 2 is 2.06 bits per heavy atom. The van der Waals surface area contributed by atoms with E-state index >= 15 is 0 Å². The van der Waals surface area contributed by atoms with Gasteiger partial charge in [0.05, 0.1) is 5.36 Å². The van der Waals surface area contributed by atoms with Gasteiger partial charge in [-0.3, -0.25) is 4.99 Å². The minimum Gasteiger partial charge on any atom is -0.266 e. The van der Waals surface area contributed by atoms with Gasteiger partial charge in [-0.25, -0.2) is 0 Å². The number of hydrogen-bond acceptors (Lipinski definition) is 1. The van der Waals surface area contributed by atoms with Crippen molar-refractivity contribution < 1.29 is 0 Å². The first kappa shape index (κ1) is 10.0. The van der Waals surface area contributed by atoms with E-state index in [1.165, 1.54) is 27.5 Å². The minimum atomic E-state index is 0.118. The number of rotatable bonds is 0. The molecule has 0 bridgehead atoms. The molecule has 0 N–H and O–H groups in total. The Morgan fingerprint density at radius 3 is 2.88 bits per heavy atom. The van der Waals surface area contributed by atoms with Crippen LogP contribution in [0.2, 0.25) is 0 Å². The Kier molecular flexibility index (Phi) is 2.15. The van der Waals surface area contributed by atoms with Gasteiger partial charge in [-0.15, -0.1) is 0 Å². The second-order valence-electron chi connectivity index (χ2n) is 4.33. The Bertz CT molecular complexity index is 650. The summed E-state index contributed by atoms with van der Waals surface area (Å²) in [4.78, 5) is 4.71. The van der Waals surface area contributed by atoms with Gasteiger partial charge in [0.25, 0.3) is 0 Å². The van der Waals surface area contributed by atoms with Gasteiger partial charge in [0, 0.05) is 5.56 Å². The number of benzene rings is 1. The number of halogens is 1. The van der Waals surface area contributed by atoms with E-state index in [1.54, 1.807) is 0 Å². The van der Waals surface area contributed by atoms with Crippen LogP contribution in [0.15, 0.2) is 22.7 Å². The van der Waals surface area contributed by atoms with Crippen LogP contribution < -0.4 is 10.6 Å². The largest absolute Gasteiger partial charge is 0.266 e. The second-order valence-corrected chi connectivity index (χ2v) is 5.27. The lowest BCUT2D eigenvalue weighted by atomic mass is 10.0. The lowest BCUT2D eigenvalue weighted by Crippen LogP contribution is -2.22. The van der Waals surface area contributed by atoms with E-state index in [1.807, 2.05) is 0 Å². The lowest BCUT2D eigenvalue weighted by Gasteiger charge is -2.10. The Hall–Kier alpha value is -1.15. The fourth-order valence-electron chi connectivity index (χ4n) is 2.35. The third-order valence-electron chi connectivity index (χ3n) is 3.13. The van der Waals surface area contributed by atoms with Gasteiger partial charge in [0.15, 0.2) is 0 Å². The molecule has 0 amide bonds. The Morgan fingerprint density at radius 1 is 1.25 bits per heavy atom. The van der Waals surface area contributed by atoms with Gasteiger partial charge in [-0.2, -0.15) is 0 Å². The van der Waals surface area contributed by atoms with Crippen molar-refractivity contribution in [3.05, 3.63) is 45.0 Å². The summed E-state index contributed by atoms with van der Waals surface area (Å²) in [5, 5.41) is 2.45. The van der Waals surface area contributed by atoms with Gasteiger partial charge in [0.2, 0.25) is 0 Å². The zero-order chi connectivity index (χ0) is 11.3. The van der Waals surface area contributed by atoms with Crippen molar-refractivity contribution in [2.24, 2.45) is 4.99 Å². The number of fused-ring (bicyclic) bond motifs is 2. The van der Waals surface area contributed by atoms with Crippen LogP contribution in [0.4, 0.5) is 0 Å². The molecule has 1 heterocycles. The van der Waals surface area contributed by atoms with E-state index in [9.17, 15) is 0 Å². The van der Waals surface area contributed by atoms with Gasteiger partial charge in [0.1, 0.15) is 4.95 Å². The topological polar surface area (TPSA) is 12.4 Å². The quantitative estimate of drug-likeness (QED) is 0.509. The van der Waals surface area contributed by atoms with E-state index in [-0.39, 0.29) is 4.95 Å². The van der Waals surface area contributed by atoms with Crippen LogP contribution >= 0.6 is 15.9 Å². The molecule has 1 aromatic carbocycles. The summed E-state index contributed by atoms with van der Waals surface area (Å²) in [6, 6.07) is 2.18. The second kappa shape index (κ2) is 3.42. The van der Waals surface area contributed by atoms with Crippen molar-refractivity contribution in [2.45, 2.75) is 18.8 Å². The molecule has 16 heavy (non-hydrogen) atoms. The van der Waals surface area contributed by atoms with Crippen molar-refractivity contribution in [2.75, 3.05) is 0 Å². The highest BCUT2D eigenvalue weighted by atomic mass is 79.9.